The number of aromatic amines is 1. The molecule has 8 nitrogen and oxygen atoms in total. The number of nitrogens with two attached hydrogens (primary N) is 1. The molecule has 0 aliphatic heterocycles. The van der Waals surface area contributed by atoms with Crippen molar-refractivity contribution in [3.63, 3.8) is 0 Å². The maximum absolute atomic E-state index is 11.8. The first-order valence-electron chi connectivity index (χ1n) is 6.35. The number of anilines is 1. The highest BCUT2D eigenvalue weighted by molar-refractivity contribution is 14.1. The van der Waals surface area contributed by atoms with Gasteiger partial charge in [-0.2, -0.15) is 4.98 Å². The number of rotatable bonds is 3. The van der Waals surface area contributed by atoms with Crippen LogP contribution in [0.1, 0.15) is 12.5 Å². The van der Waals surface area contributed by atoms with Crippen LogP contribution >= 0.6 is 23.0 Å². The third kappa shape index (κ3) is 2.34. The molecule has 112 valence electrons. The second-order valence-corrected chi connectivity index (χ2v) is 5.67. The lowest BCUT2D eigenvalue weighted by Gasteiger charge is -2.16. The van der Waals surface area contributed by atoms with Crippen molar-refractivity contribution in [3.05, 3.63) is 28.8 Å². The van der Waals surface area contributed by atoms with Gasteiger partial charge in [-0.3, -0.25) is 9.78 Å². The summed E-state index contributed by atoms with van der Waals surface area (Å²) >= 11 is 1.79. The molecule has 21 heavy (non-hydrogen) atoms. The van der Waals surface area contributed by atoms with Gasteiger partial charge in [-0.15, -0.1) is 0 Å². The fraction of sp³-hybridized carbons (Fsp3) is 0.417. The Hall–Kier alpha value is -1.46. The van der Waals surface area contributed by atoms with E-state index in [1.807, 2.05) is 0 Å². The number of H-pyrrole nitrogens is 1. The van der Waals surface area contributed by atoms with E-state index in [0.717, 1.165) is 5.57 Å². The third-order valence-corrected chi connectivity index (χ3v) is 4.22. The molecule has 0 unspecified atom stereocenters. The maximum Gasteiger partial charge on any atom is 0.280 e. The molecule has 2 aromatic heterocycles. The first-order valence-corrected chi connectivity index (χ1v) is 7.23. The van der Waals surface area contributed by atoms with Crippen molar-refractivity contribution in [1.29, 1.82) is 0 Å². The van der Waals surface area contributed by atoms with Gasteiger partial charge in [0.25, 0.3) is 5.56 Å². The molecule has 4 N–H and O–H groups in total. The number of nitrogens with zero attached hydrogens (tertiary/aromatic N) is 3. The molecule has 0 spiro atoms. The minimum atomic E-state index is -0.547. The van der Waals surface area contributed by atoms with Crippen molar-refractivity contribution in [2.45, 2.75) is 18.6 Å². The number of halogens is 1. The van der Waals surface area contributed by atoms with E-state index < -0.39 is 6.10 Å². The number of imidazole rings is 1. The Morgan fingerprint density at radius 1 is 1.67 bits per heavy atom. The van der Waals surface area contributed by atoms with Crippen LogP contribution in [0.2, 0.25) is 0 Å². The van der Waals surface area contributed by atoms with Crippen LogP contribution in [0.3, 0.4) is 0 Å². The van der Waals surface area contributed by atoms with Crippen LogP contribution in [0.15, 0.2) is 23.3 Å². The molecule has 9 heteroatoms. The van der Waals surface area contributed by atoms with E-state index in [1.54, 1.807) is 27.6 Å². The minimum Gasteiger partial charge on any atom is -0.392 e. The summed E-state index contributed by atoms with van der Waals surface area (Å²) in [6.45, 7) is 4.45. The normalized spacial score (nSPS) is 25.8. The standard InChI is InChI=1S/C12H14IN5O3/c1-5-6(3-21-13)8(19)2-7(5)18-4-15-9-10(18)16-12(14)17-11(9)20/h4,6-8,19H,1-3H2,(H3,14,16,17,20)/t6-,7-,8-/m0/s1. The molecule has 0 amide bonds. The molecular weight excluding hydrogens is 389 g/mol. The van der Waals surface area contributed by atoms with Gasteiger partial charge in [-0.05, 0) is 12.0 Å². The molecule has 1 fully saturated rings. The fourth-order valence-electron chi connectivity index (χ4n) is 2.79. The van der Waals surface area contributed by atoms with Crippen LogP contribution in [-0.2, 0) is 3.07 Å². The zero-order valence-corrected chi connectivity index (χ0v) is 13.1. The van der Waals surface area contributed by atoms with Crippen LogP contribution in [0.4, 0.5) is 5.95 Å². The van der Waals surface area contributed by atoms with Crippen LogP contribution in [0.25, 0.3) is 11.2 Å². The van der Waals surface area contributed by atoms with Crippen molar-refractivity contribution < 1.29 is 8.17 Å². The molecular formula is C12H14IN5O3. The topological polar surface area (TPSA) is 119 Å². The van der Waals surface area contributed by atoms with E-state index in [2.05, 4.69) is 21.5 Å². The Bertz CT molecular complexity index is 755. The van der Waals surface area contributed by atoms with E-state index in [1.165, 1.54) is 6.33 Å². The molecule has 2 aromatic rings. The molecule has 0 aromatic carbocycles. The van der Waals surface area contributed by atoms with E-state index in [-0.39, 0.29) is 29.0 Å². The van der Waals surface area contributed by atoms with Gasteiger partial charge >= 0.3 is 0 Å². The highest BCUT2D eigenvalue weighted by atomic mass is 127. The van der Waals surface area contributed by atoms with Gasteiger partial charge in [0.2, 0.25) is 5.95 Å². The molecule has 1 saturated carbocycles. The summed E-state index contributed by atoms with van der Waals surface area (Å²) < 4.78 is 6.83. The van der Waals surface area contributed by atoms with Crippen molar-refractivity contribution in [2.75, 3.05) is 12.3 Å². The van der Waals surface area contributed by atoms with Gasteiger partial charge < -0.3 is 18.5 Å². The number of hydrogen-bond donors (Lipinski definition) is 3. The van der Waals surface area contributed by atoms with Crippen LogP contribution in [0.5, 0.6) is 0 Å². The van der Waals surface area contributed by atoms with Crippen LogP contribution in [-0.4, -0.2) is 37.3 Å². The quantitative estimate of drug-likeness (QED) is 0.509. The zero-order valence-electron chi connectivity index (χ0n) is 11.0. The Morgan fingerprint density at radius 3 is 3.14 bits per heavy atom. The minimum absolute atomic E-state index is 0.0329. The van der Waals surface area contributed by atoms with Gasteiger partial charge in [0, 0.05) is 5.92 Å². The van der Waals surface area contributed by atoms with Crippen LogP contribution < -0.4 is 11.3 Å². The van der Waals surface area contributed by atoms with Gasteiger partial charge in [0.1, 0.15) is 23.0 Å². The van der Waals surface area contributed by atoms with Crippen molar-refractivity contribution in [3.8, 4) is 0 Å². The average Bonchev–Trinajstić information content (AvgIpc) is 2.95. The second kappa shape index (κ2) is 5.39. The lowest BCUT2D eigenvalue weighted by Crippen LogP contribution is -2.18. The van der Waals surface area contributed by atoms with Crippen molar-refractivity contribution in [1.82, 2.24) is 19.5 Å². The smallest absolute Gasteiger partial charge is 0.280 e. The molecule has 3 rings (SSSR count). The fourth-order valence-corrected chi connectivity index (χ4v) is 3.18. The van der Waals surface area contributed by atoms with Gasteiger partial charge in [0.15, 0.2) is 11.2 Å². The Balaban J connectivity index is 2.06. The summed E-state index contributed by atoms with van der Waals surface area (Å²) in [7, 11) is 0. The average molecular weight is 403 g/mol. The van der Waals surface area contributed by atoms with Crippen molar-refractivity contribution in [2.24, 2.45) is 5.92 Å². The lowest BCUT2D eigenvalue weighted by molar-refractivity contribution is 0.119. The number of aliphatic hydroxyl groups excluding tert-OH is 1. The summed E-state index contributed by atoms with van der Waals surface area (Å²) in [6.07, 6.45) is 1.46. The monoisotopic (exact) mass is 403 g/mol. The Kier molecular flexibility index (Phi) is 3.71. The number of nitrogen functional groups attached to an aromatic ring is 1. The van der Waals surface area contributed by atoms with Crippen LogP contribution in [0, 0.1) is 5.92 Å². The zero-order chi connectivity index (χ0) is 15.1. The number of aromatic nitrogens is 4. The van der Waals surface area contributed by atoms with E-state index >= 15 is 0 Å². The second-order valence-electron chi connectivity index (χ2n) is 5.05. The largest absolute Gasteiger partial charge is 0.392 e. The molecule has 1 aliphatic carbocycles. The van der Waals surface area contributed by atoms with Crippen molar-refractivity contribution >= 4 is 40.1 Å². The summed E-state index contributed by atoms with van der Waals surface area (Å²) in [5.74, 6) is -0.116. The Labute approximate surface area is 133 Å². The van der Waals surface area contributed by atoms with Gasteiger partial charge in [-0.1, -0.05) is 6.58 Å². The van der Waals surface area contributed by atoms with E-state index in [4.69, 9.17) is 8.80 Å². The molecule has 2 heterocycles. The number of aliphatic hydroxyl groups is 1. The molecule has 0 radical (unpaired) electrons. The first-order chi connectivity index (χ1) is 10.0. The summed E-state index contributed by atoms with van der Waals surface area (Å²) in [6, 6.07) is -0.185. The lowest BCUT2D eigenvalue weighted by atomic mass is 10.0. The summed E-state index contributed by atoms with van der Waals surface area (Å²) in [5, 5.41) is 10.2. The molecule has 0 saturated heterocycles. The predicted molar refractivity (Wildman–Crippen MR) is 84.8 cm³/mol. The number of fused-ring (bicyclic) bond motifs is 1. The van der Waals surface area contributed by atoms with Gasteiger partial charge in [0.05, 0.1) is 25.1 Å². The van der Waals surface area contributed by atoms with E-state index in [0.29, 0.717) is 18.7 Å². The SMILES string of the molecule is C=C1[C@H](COI)[C@@H](O)C[C@@H]1n1cnc2c(=O)[nH]c(N)nc21. The molecule has 3 atom stereocenters. The number of hydrogen-bond acceptors (Lipinski definition) is 6. The highest BCUT2D eigenvalue weighted by Crippen LogP contribution is 2.40. The predicted octanol–water partition coefficient (Wildman–Crippen LogP) is 0.546. The van der Waals surface area contributed by atoms with E-state index in [9.17, 15) is 9.90 Å². The molecule has 1 aliphatic rings. The van der Waals surface area contributed by atoms with Gasteiger partial charge in [-0.25, -0.2) is 4.98 Å². The summed E-state index contributed by atoms with van der Waals surface area (Å²) in [5.41, 5.74) is 6.65. The Morgan fingerprint density at radius 2 is 2.43 bits per heavy atom. The highest BCUT2D eigenvalue weighted by Gasteiger charge is 2.38. The number of nitrogens with one attached hydrogen (secondary N) is 1. The molecule has 0 bridgehead atoms. The maximum atomic E-state index is 11.8. The third-order valence-electron chi connectivity index (χ3n) is 3.86. The summed E-state index contributed by atoms with van der Waals surface area (Å²) in [4.78, 5) is 22.4. The first kappa shape index (κ1) is 14.5.